The number of benzene rings is 4. The first kappa shape index (κ1) is 28.1. The maximum absolute atomic E-state index is 14.7. The highest BCUT2D eigenvalue weighted by molar-refractivity contribution is 6.23. The van der Waals surface area contributed by atoms with Gasteiger partial charge < -0.3 is 9.64 Å². The molecule has 0 radical (unpaired) electrons. The molecule has 7 nitrogen and oxygen atoms in total. The summed E-state index contributed by atoms with van der Waals surface area (Å²) in [6.07, 6.45) is 0.861. The smallest absolute Gasteiger partial charge is 0.332 e. The zero-order valence-corrected chi connectivity index (χ0v) is 23.9. The third-order valence-electron chi connectivity index (χ3n) is 8.54. The van der Waals surface area contributed by atoms with Crippen molar-refractivity contribution in [1.29, 1.82) is 5.26 Å². The van der Waals surface area contributed by atoms with Gasteiger partial charge in [0.1, 0.15) is 17.1 Å². The molecule has 4 aromatic rings. The Morgan fingerprint density at radius 2 is 1.60 bits per heavy atom. The predicted octanol–water partition coefficient (Wildman–Crippen LogP) is 6.38. The van der Waals surface area contributed by atoms with Crippen molar-refractivity contribution >= 4 is 17.6 Å². The standard InChI is InChI=1S/C35H31FN4O3/c1-43-30-10-6-9-29(21-30)40-33(41)35(39(34(40)42)24-28-8-3-5-12-32(28)36)17-19-38(20-18-35)23-25-13-15-26(16-14-25)31-11-4-2-7-27(31)22-37/h2-16,21H,17-20,23-24H2,1H3. The molecule has 2 heterocycles. The molecule has 3 amide bonds. The number of likely N-dealkylation sites (tertiary alicyclic amines) is 1. The van der Waals surface area contributed by atoms with Crippen molar-refractivity contribution in [2.45, 2.75) is 31.5 Å². The first-order chi connectivity index (χ1) is 20.9. The molecule has 8 heteroatoms. The zero-order valence-electron chi connectivity index (χ0n) is 23.9. The van der Waals surface area contributed by atoms with Gasteiger partial charge in [0, 0.05) is 31.3 Å². The summed E-state index contributed by atoms with van der Waals surface area (Å²) in [5.74, 6) is -0.157. The van der Waals surface area contributed by atoms with Gasteiger partial charge in [0.05, 0.1) is 31.0 Å². The molecule has 0 saturated carbocycles. The van der Waals surface area contributed by atoms with Gasteiger partial charge in [-0.25, -0.2) is 14.1 Å². The molecule has 216 valence electrons. The Balaban J connectivity index is 1.23. The molecular formula is C35H31FN4O3. The maximum atomic E-state index is 14.7. The van der Waals surface area contributed by atoms with Gasteiger partial charge in [0.15, 0.2) is 0 Å². The minimum absolute atomic E-state index is 0.00332. The van der Waals surface area contributed by atoms with Crippen molar-refractivity contribution < 1.29 is 18.7 Å². The van der Waals surface area contributed by atoms with Crippen molar-refractivity contribution in [3.63, 3.8) is 0 Å². The Labute approximate surface area is 250 Å². The molecule has 2 aliphatic rings. The maximum Gasteiger partial charge on any atom is 0.332 e. The summed E-state index contributed by atoms with van der Waals surface area (Å²) in [4.78, 5) is 33.1. The number of imide groups is 1. The molecule has 1 spiro atoms. The lowest BCUT2D eigenvalue weighted by molar-refractivity contribution is -0.127. The number of amides is 3. The molecule has 0 unspecified atom stereocenters. The van der Waals surface area contributed by atoms with Crippen LogP contribution in [0.1, 0.15) is 29.5 Å². The highest BCUT2D eigenvalue weighted by Crippen LogP contribution is 2.41. The van der Waals surface area contributed by atoms with Crippen LogP contribution in [-0.4, -0.2) is 47.5 Å². The number of hydrogen-bond donors (Lipinski definition) is 0. The molecule has 2 fully saturated rings. The van der Waals surface area contributed by atoms with Crippen LogP contribution in [0.2, 0.25) is 0 Å². The second kappa shape index (κ2) is 11.7. The van der Waals surface area contributed by atoms with Crippen LogP contribution >= 0.6 is 0 Å². The van der Waals surface area contributed by atoms with E-state index in [0.29, 0.717) is 55.0 Å². The number of carbonyl (C=O) groups excluding carboxylic acids is 2. The van der Waals surface area contributed by atoms with Gasteiger partial charge in [-0.2, -0.15) is 5.26 Å². The Morgan fingerprint density at radius 1 is 0.884 bits per heavy atom. The highest BCUT2D eigenvalue weighted by atomic mass is 19.1. The van der Waals surface area contributed by atoms with Gasteiger partial charge in [-0.05, 0) is 53.8 Å². The number of rotatable bonds is 7. The first-order valence-corrected chi connectivity index (χ1v) is 14.3. The molecular weight excluding hydrogens is 543 g/mol. The van der Waals surface area contributed by atoms with Gasteiger partial charge in [0.25, 0.3) is 5.91 Å². The first-order valence-electron chi connectivity index (χ1n) is 14.3. The Kier molecular flexibility index (Phi) is 7.66. The number of ether oxygens (including phenoxy) is 1. The quantitative estimate of drug-likeness (QED) is 0.240. The van der Waals surface area contributed by atoms with E-state index in [4.69, 9.17) is 4.74 Å². The lowest BCUT2D eigenvalue weighted by Crippen LogP contribution is -2.56. The molecule has 2 saturated heterocycles. The number of piperidine rings is 1. The Hall–Kier alpha value is -5.00. The van der Waals surface area contributed by atoms with Crippen LogP contribution < -0.4 is 9.64 Å². The van der Waals surface area contributed by atoms with E-state index < -0.39 is 17.4 Å². The average molecular weight is 575 g/mol. The monoisotopic (exact) mass is 574 g/mol. The fourth-order valence-electron chi connectivity index (χ4n) is 6.15. The second-order valence-corrected chi connectivity index (χ2v) is 11.0. The summed E-state index contributed by atoms with van der Waals surface area (Å²) in [5.41, 5.74) is 3.36. The predicted molar refractivity (Wildman–Crippen MR) is 162 cm³/mol. The van der Waals surface area contributed by atoms with Crippen LogP contribution in [0, 0.1) is 17.1 Å². The number of urea groups is 1. The summed E-state index contributed by atoms with van der Waals surface area (Å²) >= 11 is 0. The van der Waals surface area contributed by atoms with E-state index in [0.717, 1.165) is 16.7 Å². The number of hydrogen-bond acceptors (Lipinski definition) is 5. The largest absolute Gasteiger partial charge is 0.497 e. The number of nitriles is 1. The molecule has 0 atom stereocenters. The van der Waals surface area contributed by atoms with E-state index in [9.17, 15) is 19.2 Å². The van der Waals surface area contributed by atoms with Crippen LogP contribution in [0.3, 0.4) is 0 Å². The number of anilines is 1. The van der Waals surface area contributed by atoms with Crippen LogP contribution in [0.5, 0.6) is 5.75 Å². The molecule has 43 heavy (non-hydrogen) atoms. The Bertz CT molecular complexity index is 1710. The van der Waals surface area contributed by atoms with E-state index in [2.05, 4.69) is 23.1 Å². The van der Waals surface area contributed by atoms with Crippen molar-refractivity contribution in [3.05, 3.63) is 120 Å². The number of carbonyl (C=O) groups is 2. The van der Waals surface area contributed by atoms with Crippen molar-refractivity contribution in [2.24, 2.45) is 0 Å². The summed E-state index contributed by atoms with van der Waals surface area (Å²) in [5, 5.41) is 9.46. The molecule has 4 aromatic carbocycles. The lowest BCUT2D eigenvalue weighted by atomic mass is 9.85. The summed E-state index contributed by atoms with van der Waals surface area (Å²) in [6, 6.07) is 30.8. The van der Waals surface area contributed by atoms with E-state index >= 15 is 0 Å². The normalized spacial score (nSPS) is 16.5. The number of methoxy groups -OCH3 is 1. The SMILES string of the molecule is COc1cccc(N2C(=O)N(Cc3ccccc3F)C3(CCN(Cc4ccc(-c5ccccc5C#N)cc4)CC3)C2=O)c1. The fraction of sp³-hybridized carbons (Fsp3) is 0.229. The molecule has 0 N–H and O–H groups in total. The zero-order chi connectivity index (χ0) is 30.0. The highest BCUT2D eigenvalue weighted by Gasteiger charge is 2.58. The topological polar surface area (TPSA) is 76.9 Å². The van der Waals surface area contributed by atoms with Gasteiger partial charge in [-0.15, -0.1) is 0 Å². The van der Waals surface area contributed by atoms with E-state index in [1.807, 2.05) is 36.4 Å². The Morgan fingerprint density at radius 3 is 2.33 bits per heavy atom. The molecule has 6 rings (SSSR count). The minimum atomic E-state index is -1.08. The average Bonchev–Trinajstić information content (AvgIpc) is 3.24. The van der Waals surface area contributed by atoms with Gasteiger partial charge in [0.2, 0.25) is 0 Å². The van der Waals surface area contributed by atoms with Crippen molar-refractivity contribution in [2.75, 3.05) is 25.1 Å². The van der Waals surface area contributed by atoms with Gasteiger partial charge in [-0.1, -0.05) is 66.7 Å². The van der Waals surface area contributed by atoms with Crippen LogP contribution in [0.4, 0.5) is 14.9 Å². The van der Waals surface area contributed by atoms with Crippen LogP contribution in [0.15, 0.2) is 97.1 Å². The second-order valence-electron chi connectivity index (χ2n) is 11.0. The lowest BCUT2D eigenvalue weighted by Gasteiger charge is -2.42. The number of halogens is 1. The summed E-state index contributed by atoms with van der Waals surface area (Å²) in [7, 11) is 1.53. The summed E-state index contributed by atoms with van der Waals surface area (Å²) in [6.45, 7) is 1.88. The molecule has 0 aliphatic carbocycles. The van der Waals surface area contributed by atoms with Crippen LogP contribution in [0.25, 0.3) is 11.1 Å². The fourth-order valence-corrected chi connectivity index (χ4v) is 6.15. The van der Waals surface area contributed by atoms with Crippen molar-refractivity contribution in [1.82, 2.24) is 9.80 Å². The van der Waals surface area contributed by atoms with Gasteiger partial charge in [-0.3, -0.25) is 9.69 Å². The number of nitrogens with zero attached hydrogens (tertiary/aromatic N) is 4. The third kappa shape index (κ3) is 5.24. The van der Waals surface area contributed by atoms with Crippen molar-refractivity contribution in [3.8, 4) is 22.9 Å². The van der Waals surface area contributed by atoms with Gasteiger partial charge >= 0.3 is 6.03 Å². The molecule has 2 aliphatic heterocycles. The minimum Gasteiger partial charge on any atom is -0.497 e. The summed E-state index contributed by atoms with van der Waals surface area (Å²) < 4.78 is 20.1. The molecule has 0 bridgehead atoms. The van der Waals surface area contributed by atoms with E-state index in [1.54, 1.807) is 47.4 Å². The third-order valence-corrected chi connectivity index (χ3v) is 8.54. The van der Waals surface area contributed by atoms with E-state index in [1.165, 1.54) is 18.1 Å². The van der Waals surface area contributed by atoms with E-state index in [-0.39, 0.29) is 12.5 Å². The molecule has 0 aromatic heterocycles. The van der Waals surface area contributed by atoms with Crippen LogP contribution in [-0.2, 0) is 17.9 Å².